The number of rotatable bonds is 4. The van der Waals surface area contributed by atoms with Crippen molar-refractivity contribution in [1.29, 1.82) is 0 Å². The van der Waals surface area contributed by atoms with Gasteiger partial charge in [0.15, 0.2) is 0 Å². The molecule has 0 aromatic heterocycles. The highest BCUT2D eigenvalue weighted by molar-refractivity contribution is 9.12. The predicted octanol–water partition coefficient (Wildman–Crippen LogP) is 5.39. The molecular weight excluding hydrogens is 404 g/mol. The second kappa shape index (κ2) is 7.80. The molecule has 1 aromatic carbocycles. The summed E-state index contributed by atoms with van der Waals surface area (Å²) in [6, 6.07) is 4.83. The largest absolute Gasteiger partial charge is 0.357 e. The van der Waals surface area contributed by atoms with Gasteiger partial charge >= 0.3 is 0 Å². The van der Waals surface area contributed by atoms with Crippen LogP contribution < -0.4 is 4.90 Å². The topological polar surface area (TPSA) is 6.48 Å². The second-order valence-corrected chi connectivity index (χ2v) is 7.73. The fraction of sp³-hybridized carbons (Fsp3) is 0.444. The van der Waals surface area contributed by atoms with E-state index in [1.165, 1.54) is 16.8 Å². The quantitative estimate of drug-likeness (QED) is 0.594. The van der Waals surface area contributed by atoms with E-state index in [0.717, 1.165) is 28.7 Å². The first-order valence-electron chi connectivity index (χ1n) is 7.68. The molecule has 1 fully saturated rings. The molecule has 0 aliphatic carbocycles. The van der Waals surface area contributed by atoms with Crippen LogP contribution in [-0.4, -0.2) is 30.7 Å². The molecule has 1 unspecified atom stereocenters. The lowest BCUT2D eigenvalue weighted by molar-refractivity contribution is 0.302. The number of hydrogen-bond acceptors (Lipinski definition) is 2. The summed E-state index contributed by atoms with van der Waals surface area (Å²) in [6.07, 6.45) is 6.41. The number of hydrogen-bond donors (Lipinski definition) is 0. The first-order chi connectivity index (χ1) is 10.4. The minimum atomic E-state index is 0.423. The van der Waals surface area contributed by atoms with Crippen molar-refractivity contribution in [1.82, 2.24) is 4.90 Å². The standard InChI is InChI=1S/C18H24Br2N2/c1-5-6-16(19)11-15(4)21-7-8-22(12-21)18-13(2)9-17(20)10-14(18)3/h5-6,9-11,15H,7-8,12H2,1-4H3/b6-5+,16-11+. The first-order valence-corrected chi connectivity index (χ1v) is 9.26. The molecule has 0 radical (unpaired) electrons. The Hall–Kier alpha value is -0.580. The van der Waals surface area contributed by atoms with Gasteiger partial charge in [0, 0.05) is 33.8 Å². The number of halogens is 2. The summed E-state index contributed by atoms with van der Waals surface area (Å²) in [4.78, 5) is 5.00. The van der Waals surface area contributed by atoms with Crippen molar-refractivity contribution in [2.24, 2.45) is 0 Å². The Morgan fingerprint density at radius 1 is 1.23 bits per heavy atom. The molecule has 0 N–H and O–H groups in total. The van der Waals surface area contributed by atoms with Gasteiger partial charge in [-0.15, -0.1) is 0 Å². The number of benzene rings is 1. The number of anilines is 1. The zero-order valence-electron chi connectivity index (χ0n) is 13.7. The second-order valence-electron chi connectivity index (χ2n) is 5.90. The maximum Gasteiger partial charge on any atom is 0.0713 e. The molecule has 1 aliphatic heterocycles. The molecule has 120 valence electrons. The smallest absolute Gasteiger partial charge is 0.0713 e. The average molecular weight is 428 g/mol. The van der Waals surface area contributed by atoms with Crippen LogP contribution in [0.1, 0.15) is 25.0 Å². The van der Waals surface area contributed by atoms with Crippen molar-refractivity contribution in [2.75, 3.05) is 24.7 Å². The van der Waals surface area contributed by atoms with E-state index in [9.17, 15) is 0 Å². The van der Waals surface area contributed by atoms with E-state index >= 15 is 0 Å². The number of allylic oxidation sites excluding steroid dienone is 3. The highest BCUT2D eigenvalue weighted by Crippen LogP contribution is 2.30. The van der Waals surface area contributed by atoms with E-state index in [1.54, 1.807) is 0 Å². The van der Waals surface area contributed by atoms with Crippen LogP contribution in [0, 0.1) is 13.8 Å². The van der Waals surface area contributed by atoms with E-state index < -0.39 is 0 Å². The average Bonchev–Trinajstić information content (AvgIpc) is 2.87. The molecule has 2 nitrogen and oxygen atoms in total. The molecule has 2 rings (SSSR count). The first kappa shape index (κ1) is 17.8. The number of nitrogens with zero attached hydrogens (tertiary/aromatic N) is 2. The van der Waals surface area contributed by atoms with Gasteiger partial charge < -0.3 is 4.90 Å². The van der Waals surface area contributed by atoms with Crippen LogP contribution in [0.3, 0.4) is 0 Å². The molecule has 1 heterocycles. The van der Waals surface area contributed by atoms with Gasteiger partial charge in [-0.3, -0.25) is 4.90 Å². The lowest BCUT2D eigenvalue weighted by Gasteiger charge is -2.26. The van der Waals surface area contributed by atoms with Crippen molar-refractivity contribution in [3.05, 3.63) is 50.4 Å². The van der Waals surface area contributed by atoms with Crippen LogP contribution in [0.15, 0.2) is 39.3 Å². The molecule has 0 amide bonds. The monoisotopic (exact) mass is 426 g/mol. The molecular formula is C18H24Br2N2. The summed E-state index contributed by atoms with van der Waals surface area (Å²) in [6.45, 7) is 11.9. The summed E-state index contributed by atoms with van der Waals surface area (Å²) in [5.74, 6) is 0. The predicted molar refractivity (Wildman–Crippen MR) is 104 cm³/mol. The van der Waals surface area contributed by atoms with Crippen LogP contribution in [0.25, 0.3) is 0 Å². The highest BCUT2D eigenvalue weighted by atomic mass is 79.9. The Morgan fingerprint density at radius 2 is 1.86 bits per heavy atom. The minimum absolute atomic E-state index is 0.423. The molecule has 0 spiro atoms. The lowest BCUT2D eigenvalue weighted by Crippen LogP contribution is -2.32. The maximum atomic E-state index is 3.61. The molecule has 1 aromatic rings. The summed E-state index contributed by atoms with van der Waals surface area (Å²) in [5, 5.41) is 0. The summed E-state index contributed by atoms with van der Waals surface area (Å²) >= 11 is 7.19. The van der Waals surface area contributed by atoms with Gasteiger partial charge in [-0.1, -0.05) is 50.1 Å². The Morgan fingerprint density at radius 3 is 2.45 bits per heavy atom. The summed E-state index contributed by atoms with van der Waals surface area (Å²) in [5.41, 5.74) is 4.06. The van der Waals surface area contributed by atoms with Gasteiger partial charge in [0.2, 0.25) is 0 Å². The molecule has 4 heteroatoms. The third-order valence-corrected chi connectivity index (χ3v) is 5.07. The Labute approximate surface area is 151 Å². The fourth-order valence-electron chi connectivity index (χ4n) is 3.08. The van der Waals surface area contributed by atoms with Crippen LogP contribution in [0.4, 0.5) is 5.69 Å². The Bertz CT molecular complexity index is 570. The molecule has 22 heavy (non-hydrogen) atoms. The van der Waals surface area contributed by atoms with Crippen LogP contribution in [0.2, 0.25) is 0 Å². The van der Waals surface area contributed by atoms with Gasteiger partial charge in [0.25, 0.3) is 0 Å². The fourth-order valence-corrected chi connectivity index (χ4v) is 4.41. The van der Waals surface area contributed by atoms with Crippen LogP contribution in [-0.2, 0) is 0 Å². The zero-order valence-corrected chi connectivity index (χ0v) is 16.9. The molecule has 1 atom stereocenters. The summed E-state index contributed by atoms with van der Waals surface area (Å²) in [7, 11) is 0. The molecule has 1 aliphatic rings. The Balaban J connectivity index is 2.12. The molecule has 0 saturated carbocycles. The van der Waals surface area contributed by atoms with Crippen molar-refractivity contribution >= 4 is 37.5 Å². The third kappa shape index (κ3) is 4.24. The van der Waals surface area contributed by atoms with Crippen LogP contribution >= 0.6 is 31.9 Å². The lowest BCUT2D eigenvalue weighted by atomic mass is 10.1. The van der Waals surface area contributed by atoms with Gasteiger partial charge in [-0.25, -0.2) is 0 Å². The van der Waals surface area contributed by atoms with Crippen LogP contribution in [0.5, 0.6) is 0 Å². The normalized spacial score (nSPS) is 18.5. The van der Waals surface area contributed by atoms with E-state index in [1.807, 2.05) is 6.92 Å². The van der Waals surface area contributed by atoms with Crippen molar-refractivity contribution in [2.45, 2.75) is 33.7 Å². The van der Waals surface area contributed by atoms with E-state index in [2.05, 4.69) is 92.8 Å². The molecule has 0 bridgehead atoms. The van der Waals surface area contributed by atoms with E-state index in [4.69, 9.17) is 0 Å². The van der Waals surface area contributed by atoms with Gasteiger partial charge in [0.05, 0.1) is 6.67 Å². The van der Waals surface area contributed by atoms with Gasteiger partial charge in [-0.05, 0) is 51.0 Å². The Kier molecular flexibility index (Phi) is 6.30. The highest BCUT2D eigenvalue weighted by Gasteiger charge is 2.25. The minimum Gasteiger partial charge on any atom is -0.357 e. The van der Waals surface area contributed by atoms with Gasteiger partial charge in [-0.2, -0.15) is 0 Å². The van der Waals surface area contributed by atoms with Gasteiger partial charge in [0.1, 0.15) is 0 Å². The third-order valence-electron chi connectivity index (χ3n) is 4.08. The van der Waals surface area contributed by atoms with Crippen molar-refractivity contribution in [3.63, 3.8) is 0 Å². The number of aryl methyl sites for hydroxylation is 2. The SMILES string of the molecule is C/C=C/C(Br)=C\C(C)N1CCN(c2c(C)cc(Br)cc2C)C1. The zero-order chi connectivity index (χ0) is 16.3. The van der Waals surface area contributed by atoms with Crippen molar-refractivity contribution in [3.8, 4) is 0 Å². The van der Waals surface area contributed by atoms with E-state index in [-0.39, 0.29) is 0 Å². The van der Waals surface area contributed by atoms with E-state index in [0.29, 0.717) is 6.04 Å². The maximum absolute atomic E-state index is 3.61. The molecule has 1 saturated heterocycles. The van der Waals surface area contributed by atoms with Crippen molar-refractivity contribution < 1.29 is 0 Å². The summed E-state index contributed by atoms with van der Waals surface area (Å²) < 4.78 is 2.31.